The summed E-state index contributed by atoms with van der Waals surface area (Å²) >= 11 is 0. The number of pyridine rings is 1. The van der Waals surface area contributed by atoms with E-state index in [1.165, 1.54) is 18.3 Å². The van der Waals surface area contributed by atoms with Gasteiger partial charge in [0.2, 0.25) is 0 Å². The quantitative estimate of drug-likeness (QED) is 0.299. The lowest BCUT2D eigenvalue weighted by Gasteiger charge is -2.23. The zero-order valence-corrected chi connectivity index (χ0v) is 17.3. The zero-order valence-electron chi connectivity index (χ0n) is 17.3. The van der Waals surface area contributed by atoms with Gasteiger partial charge in [-0.25, -0.2) is 0 Å². The maximum atomic E-state index is 13.1. The van der Waals surface area contributed by atoms with Crippen molar-refractivity contribution in [2.24, 2.45) is 0 Å². The van der Waals surface area contributed by atoms with Gasteiger partial charge in [-0.1, -0.05) is 60.7 Å². The number of amides is 1. The molecule has 1 amide bonds. The third-order valence-corrected chi connectivity index (χ3v) is 5.04. The van der Waals surface area contributed by atoms with E-state index in [9.17, 15) is 14.9 Å². The van der Waals surface area contributed by atoms with Crippen LogP contribution in [0.3, 0.4) is 0 Å². The SMILES string of the molecule is O=C(COc1ccc([N+](=O)[O-])c2cccnc12)N(Cc1ccccc1)Cc1ccccc1. The minimum atomic E-state index is -0.458. The molecule has 0 unspecified atom stereocenters. The van der Waals surface area contributed by atoms with Crippen molar-refractivity contribution in [3.63, 3.8) is 0 Å². The molecule has 0 spiro atoms. The van der Waals surface area contributed by atoms with E-state index in [0.717, 1.165) is 11.1 Å². The fourth-order valence-electron chi connectivity index (χ4n) is 3.48. The number of ether oxygens (including phenoxy) is 1. The first kappa shape index (κ1) is 21.0. The molecule has 0 N–H and O–H groups in total. The highest BCUT2D eigenvalue weighted by Gasteiger charge is 2.19. The minimum Gasteiger partial charge on any atom is -0.481 e. The number of benzene rings is 3. The molecule has 3 aromatic carbocycles. The van der Waals surface area contributed by atoms with Crippen LogP contribution < -0.4 is 4.74 Å². The Labute approximate surface area is 185 Å². The number of carbonyl (C=O) groups excluding carboxylic acids is 1. The lowest BCUT2D eigenvalue weighted by atomic mass is 10.1. The second-order valence-corrected chi connectivity index (χ2v) is 7.25. The van der Waals surface area contributed by atoms with Crippen molar-refractivity contribution < 1.29 is 14.5 Å². The first-order chi connectivity index (χ1) is 15.6. The van der Waals surface area contributed by atoms with Crippen LogP contribution in [0.1, 0.15) is 11.1 Å². The Hall–Kier alpha value is -4.26. The standard InChI is InChI=1S/C25H21N3O4/c29-24(18-32-23-14-13-22(28(30)31)21-12-7-15-26-25(21)23)27(16-19-8-3-1-4-9-19)17-20-10-5-2-6-11-20/h1-15H,16-18H2. The lowest BCUT2D eigenvalue weighted by molar-refractivity contribution is -0.383. The zero-order chi connectivity index (χ0) is 22.3. The number of rotatable bonds is 8. The van der Waals surface area contributed by atoms with Gasteiger partial charge in [0.25, 0.3) is 11.6 Å². The molecular formula is C25H21N3O4. The highest BCUT2D eigenvalue weighted by molar-refractivity contribution is 5.92. The molecule has 0 aliphatic rings. The van der Waals surface area contributed by atoms with Gasteiger partial charge in [-0.15, -0.1) is 0 Å². The number of carbonyl (C=O) groups is 1. The number of nitro groups is 1. The van der Waals surface area contributed by atoms with Crippen molar-refractivity contribution in [3.05, 3.63) is 112 Å². The van der Waals surface area contributed by atoms with Crippen LogP contribution in [0.4, 0.5) is 5.69 Å². The van der Waals surface area contributed by atoms with E-state index in [1.54, 1.807) is 17.0 Å². The molecule has 1 heterocycles. The summed E-state index contributed by atoms with van der Waals surface area (Å²) in [6, 6.07) is 25.6. The Bertz CT molecular complexity index is 1190. The first-order valence-corrected chi connectivity index (χ1v) is 10.1. The summed E-state index contributed by atoms with van der Waals surface area (Å²) in [6.45, 7) is 0.678. The van der Waals surface area contributed by atoms with Crippen LogP contribution in [-0.4, -0.2) is 27.3 Å². The Balaban J connectivity index is 1.54. The van der Waals surface area contributed by atoms with Gasteiger partial charge in [-0.3, -0.25) is 19.9 Å². The fourth-order valence-corrected chi connectivity index (χ4v) is 3.48. The molecule has 0 bridgehead atoms. The maximum absolute atomic E-state index is 13.1. The van der Waals surface area contributed by atoms with Gasteiger partial charge in [-0.2, -0.15) is 0 Å². The molecule has 0 saturated heterocycles. The number of nitrogens with zero attached hydrogens (tertiary/aromatic N) is 3. The predicted molar refractivity (Wildman–Crippen MR) is 121 cm³/mol. The molecule has 0 aliphatic heterocycles. The van der Waals surface area contributed by atoms with Crippen LogP contribution in [0, 0.1) is 10.1 Å². The molecule has 0 atom stereocenters. The van der Waals surface area contributed by atoms with Crippen molar-refractivity contribution in [3.8, 4) is 5.75 Å². The third kappa shape index (κ3) is 4.89. The largest absolute Gasteiger partial charge is 0.481 e. The molecule has 0 radical (unpaired) electrons. The second-order valence-electron chi connectivity index (χ2n) is 7.25. The highest BCUT2D eigenvalue weighted by atomic mass is 16.6. The monoisotopic (exact) mass is 427 g/mol. The van der Waals surface area contributed by atoms with Gasteiger partial charge in [0.15, 0.2) is 6.61 Å². The molecular weight excluding hydrogens is 406 g/mol. The molecule has 1 aromatic heterocycles. The van der Waals surface area contributed by atoms with Gasteiger partial charge < -0.3 is 9.64 Å². The Morgan fingerprint density at radius 2 is 1.50 bits per heavy atom. The van der Waals surface area contributed by atoms with Crippen molar-refractivity contribution in [1.82, 2.24) is 9.88 Å². The number of nitro benzene ring substituents is 1. The van der Waals surface area contributed by atoms with Crippen molar-refractivity contribution >= 4 is 22.5 Å². The number of hydrogen-bond acceptors (Lipinski definition) is 5. The number of non-ortho nitro benzene ring substituents is 1. The summed E-state index contributed by atoms with van der Waals surface area (Å²) in [7, 11) is 0. The van der Waals surface area contributed by atoms with Gasteiger partial charge >= 0.3 is 0 Å². The number of hydrogen-bond donors (Lipinski definition) is 0. The predicted octanol–water partition coefficient (Wildman–Crippen LogP) is 4.75. The van der Waals surface area contributed by atoms with Crippen LogP contribution in [-0.2, 0) is 17.9 Å². The van der Waals surface area contributed by atoms with Crippen LogP contribution in [0.2, 0.25) is 0 Å². The van der Waals surface area contributed by atoms with Crippen LogP contribution in [0.25, 0.3) is 10.9 Å². The Morgan fingerprint density at radius 1 is 0.875 bits per heavy atom. The van der Waals surface area contributed by atoms with Crippen molar-refractivity contribution in [2.75, 3.05) is 6.61 Å². The highest BCUT2D eigenvalue weighted by Crippen LogP contribution is 2.31. The van der Waals surface area contributed by atoms with Gasteiger partial charge in [0.1, 0.15) is 11.3 Å². The molecule has 32 heavy (non-hydrogen) atoms. The van der Waals surface area contributed by atoms with Crippen LogP contribution in [0.5, 0.6) is 5.75 Å². The Morgan fingerprint density at radius 3 is 2.09 bits per heavy atom. The topological polar surface area (TPSA) is 85.6 Å². The van der Waals surface area contributed by atoms with E-state index < -0.39 is 4.92 Å². The third-order valence-electron chi connectivity index (χ3n) is 5.04. The smallest absolute Gasteiger partial charge is 0.279 e. The minimum absolute atomic E-state index is 0.0541. The second kappa shape index (κ2) is 9.70. The first-order valence-electron chi connectivity index (χ1n) is 10.1. The van der Waals surface area contributed by atoms with E-state index in [1.807, 2.05) is 60.7 Å². The van der Waals surface area contributed by atoms with Crippen molar-refractivity contribution in [2.45, 2.75) is 13.1 Å². The summed E-state index contributed by atoms with van der Waals surface area (Å²) in [4.78, 5) is 29.9. The van der Waals surface area contributed by atoms with E-state index in [-0.39, 0.29) is 18.2 Å². The normalized spacial score (nSPS) is 10.6. The summed E-state index contributed by atoms with van der Waals surface area (Å²) < 4.78 is 5.80. The van der Waals surface area contributed by atoms with E-state index in [4.69, 9.17) is 4.74 Å². The summed E-state index contributed by atoms with van der Waals surface area (Å²) in [5, 5.41) is 11.7. The van der Waals surface area contributed by atoms with Gasteiger partial charge in [-0.05, 0) is 29.3 Å². The molecule has 0 saturated carbocycles. The van der Waals surface area contributed by atoms with Crippen LogP contribution in [0.15, 0.2) is 91.1 Å². The van der Waals surface area contributed by atoms with E-state index in [2.05, 4.69) is 4.98 Å². The average molecular weight is 427 g/mol. The molecule has 0 aliphatic carbocycles. The average Bonchev–Trinajstić information content (AvgIpc) is 2.83. The maximum Gasteiger partial charge on any atom is 0.279 e. The summed E-state index contributed by atoms with van der Waals surface area (Å²) in [5.41, 5.74) is 2.33. The number of fused-ring (bicyclic) bond motifs is 1. The molecule has 0 fully saturated rings. The van der Waals surface area contributed by atoms with Crippen LogP contribution >= 0.6 is 0 Å². The summed E-state index contributed by atoms with van der Waals surface area (Å²) in [6.07, 6.45) is 1.54. The Kier molecular flexibility index (Phi) is 6.36. The van der Waals surface area contributed by atoms with Gasteiger partial charge in [0.05, 0.1) is 10.3 Å². The van der Waals surface area contributed by atoms with Crippen molar-refractivity contribution in [1.29, 1.82) is 0 Å². The molecule has 4 aromatic rings. The van der Waals surface area contributed by atoms with Gasteiger partial charge in [0, 0.05) is 25.4 Å². The molecule has 160 valence electrons. The molecule has 7 nitrogen and oxygen atoms in total. The molecule has 7 heteroatoms. The van der Waals surface area contributed by atoms with E-state index >= 15 is 0 Å². The number of aromatic nitrogens is 1. The molecule has 4 rings (SSSR count). The van der Waals surface area contributed by atoms with E-state index in [0.29, 0.717) is 29.7 Å². The summed E-state index contributed by atoms with van der Waals surface area (Å²) in [5.74, 6) is 0.138. The fraction of sp³-hybridized carbons (Fsp3) is 0.120. The lowest BCUT2D eigenvalue weighted by Crippen LogP contribution is -2.34.